The Labute approximate surface area is 87.8 Å². The average Bonchev–Trinajstić information content (AvgIpc) is 2.45. The largest absolute Gasteiger partial charge is 0.383 e. The highest BCUT2D eigenvalue weighted by Crippen LogP contribution is 2.09. The van der Waals surface area contributed by atoms with E-state index in [-0.39, 0.29) is 0 Å². The topological polar surface area (TPSA) is 24.5 Å². The highest BCUT2D eigenvalue weighted by atomic mass is 16.5. The molecule has 1 fully saturated rings. The molecule has 0 aromatic heterocycles. The summed E-state index contributed by atoms with van der Waals surface area (Å²) in [6.45, 7) is 4.47. The fraction of sp³-hybridized carbons (Fsp3) is 1.00. The Morgan fingerprint density at radius 2 is 1.86 bits per heavy atom. The zero-order valence-electron chi connectivity index (χ0n) is 9.59. The SMILES string of the molecule is CNC(COC)CN1CCCCCC1. The summed E-state index contributed by atoms with van der Waals surface area (Å²) in [5.41, 5.74) is 0. The minimum atomic E-state index is 0.484. The molecule has 0 aromatic rings. The predicted octanol–water partition coefficient (Wildman–Crippen LogP) is 1.10. The molecule has 84 valence electrons. The highest BCUT2D eigenvalue weighted by Gasteiger charge is 2.13. The van der Waals surface area contributed by atoms with Gasteiger partial charge in [0.05, 0.1) is 6.61 Å². The van der Waals surface area contributed by atoms with Gasteiger partial charge in [0.25, 0.3) is 0 Å². The first-order valence-electron chi connectivity index (χ1n) is 5.75. The molecule has 1 unspecified atom stereocenters. The van der Waals surface area contributed by atoms with E-state index in [4.69, 9.17) is 4.74 Å². The summed E-state index contributed by atoms with van der Waals surface area (Å²) in [5.74, 6) is 0. The van der Waals surface area contributed by atoms with E-state index in [0.717, 1.165) is 13.2 Å². The van der Waals surface area contributed by atoms with Crippen LogP contribution in [0.4, 0.5) is 0 Å². The van der Waals surface area contributed by atoms with E-state index >= 15 is 0 Å². The molecular formula is C11H24N2O. The van der Waals surface area contributed by atoms with Gasteiger partial charge in [-0.05, 0) is 33.0 Å². The summed E-state index contributed by atoms with van der Waals surface area (Å²) >= 11 is 0. The van der Waals surface area contributed by atoms with Crippen LogP contribution in [-0.4, -0.2) is 51.3 Å². The molecule has 3 heteroatoms. The molecule has 0 aromatic carbocycles. The first kappa shape index (κ1) is 12.0. The standard InChI is InChI=1S/C11H24N2O/c1-12-11(10-14-2)9-13-7-5-3-4-6-8-13/h11-12H,3-10H2,1-2H3. The first-order valence-corrected chi connectivity index (χ1v) is 5.75. The second-order valence-electron chi connectivity index (χ2n) is 4.16. The van der Waals surface area contributed by atoms with Gasteiger partial charge < -0.3 is 15.0 Å². The third kappa shape index (κ3) is 4.40. The van der Waals surface area contributed by atoms with Crippen LogP contribution in [0.3, 0.4) is 0 Å². The zero-order chi connectivity index (χ0) is 10.2. The minimum Gasteiger partial charge on any atom is -0.383 e. The van der Waals surface area contributed by atoms with Gasteiger partial charge in [-0.2, -0.15) is 0 Å². The number of ether oxygens (including phenoxy) is 1. The number of hydrogen-bond donors (Lipinski definition) is 1. The molecule has 14 heavy (non-hydrogen) atoms. The third-order valence-electron chi connectivity index (χ3n) is 2.95. The number of nitrogens with zero attached hydrogens (tertiary/aromatic N) is 1. The van der Waals surface area contributed by atoms with Crippen LogP contribution in [0.15, 0.2) is 0 Å². The molecule has 0 radical (unpaired) electrons. The summed E-state index contributed by atoms with van der Waals surface area (Å²) in [6.07, 6.45) is 5.54. The number of methoxy groups -OCH3 is 1. The lowest BCUT2D eigenvalue weighted by Gasteiger charge is -2.25. The Hall–Kier alpha value is -0.120. The summed E-state index contributed by atoms with van der Waals surface area (Å²) in [7, 11) is 3.79. The number of hydrogen-bond acceptors (Lipinski definition) is 3. The maximum absolute atomic E-state index is 5.18. The van der Waals surface area contributed by atoms with Crippen LogP contribution in [0.2, 0.25) is 0 Å². The number of likely N-dealkylation sites (N-methyl/N-ethyl adjacent to an activating group) is 1. The van der Waals surface area contributed by atoms with E-state index in [0.29, 0.717) is 6.04 Å². The van der Waals surface area contributed by atoms with Crippen molar-refractivity contribution >= 4 is 0 Å². The summed E-state index contributed by atoms with van der Waals surface area (Å²) < 4.78 is 5.18. The van der Waals surface area contributed by atoms with E-state index in [9.17, 15) is 0 Å². The Kier molecular flexibility index (Phi) is 6.15. The lowest BCUT2D eigenvalue weighted by atomic mass is 10.2. The van der Waals surface area contributed by atoms with Gasteiger partial charge in [-0.15, -0.1) is 0 Å². The Balaban J connectivity index is 2.24. The molecule has 0 aliphatic carbocycles. The maximum atomic E-state index is 5.18. The van der Waals surface area contributed by atoms with Crippen LogP contribution in [0.1, 0.15) is 25.7 Å². The van der Waals surface area contributed by atoms with Crippen molar-refractivity contribution in [2.45, 2.75) is 31.7 Å². The van der Waals surface area contributed by atoms with Crippen molar-refractivity contribution in [3.05, 3.63) is 0 Å². The molecule has 1 N–H and O–H groups in total. The van der Waals surface area contributed by atoms with Crippen molar-refractivity contribution in [1.82, 2.24) is 10.2 Å². The molecule has 0 bridgehead atoms. The number of likely N-dealkylation sites (tertiary alicyclic amines) is 1. The smallest absolute Gasteiger partial charge is 0.0628 e. The number of nitrogens with one attached hydrogen (secondary N) is 1. The van der Waals surface area contributed by atoms with Gasteiger partial charge in [-0.3, -0.25) is 0 Å². The monoisotopic (exact) mass is 200 g/mol. The van der Waals surface area contributed by atoms with Crippen molar-refractivity contribution in [1.29, 1.82) is 0 Å². The first-order chi connectivity index (χ1) is 6.86. The van der Waals surface area contributed by atoms with E-state index in [1.807, 2.05) is 7.05 Å². The van der Waals surface area contributed by atoms with Crippen molar-refractivity contribution in [3.8, 4) is 0 Å². The summed E-state index contributed by atoms with van der Waals surface area (Å²) in [4.78, 5) is 2.56. The van der Waals surface area contributed by atoms with Gasteiger partial charge in [0.2, 0.25) is 0 Å². The predicted molar refractivity (Wildman–Crippen MR) is 59.6 cm³/mol. The fourth-order valence-corrected chi connectivity index (χ4v) is 2.06. The molecule has 3 nitrogen and oxygen atoms in total. The van der Waals surface area contributed by atoms with E-state index in [2.05, 4.69) is 10.2 Å². The maximum Gasteiger partial charge on any atom is 0.0628 e. The Morgan fingerprint density at radius 3 is 2.36 bits per heavy atom. The second-order valence-corrected chi connectivity index (χ2v) is 4.16. The highest BCUT2D eigenvalue weighted by molar-refractivity contribution is 4.72. The molecule has 1 heterocycles. The fourth-order valence-electron chi connectivity index (χ4n) is 2.06. The normalized spacial score (nSPS) is 21.9. The quantitative estimate of drug-likeness (QED) is 0.719. The third-order valence-corrected chi connectivity index (χ3v) is 2.95. The lowest BCUT2D eigenvalue weighted by molar-refractivity contribution is 0.142. The molecule has 1 aliphatic heterocycles. The van der Waals surface area contributed by atoms with Gasteiger partial charge in [-0.25, -0.2) is 0 Å². The molecule has 0 amide bonds. The van der Waals surface area contributed by atoms with Gasteiger partial charge in [0.15, 0.2) is 0 Å². The van der Waals surface area contributed by atoms with Crippen molar-refractivity contribution < 1.29 is 4.74 Å². The van der Waals surface area contributed by atoms with Crippen LogP contribution in [0.25, 0.3) is 0 Å². The molecule has 1 atom stereocenters. The molecule has 1 saturated heterocycles. The van der Waals surface area contributed by atoms with Gasteiger partial charge in [0, 0.05) is 19.7 Å². The van der Waals surface area contributed by atoms with Crippen LogP contribution in [0, 0.1) is 0 Å². The van der Waals surface area contributed by atoms with E-state index < -0.39 is 0 Å². The van der Waals surface area contributed by atoms with Crippen LogP contribution < -0.4 is 5.32 Å². The Morgan fingerprint density at radius 1 is 1.21 bits per heavy atom. The minimum absolute atomic E-state index is 0.484. The van der Waals surface area contributed by atoms with Crippen molar-refractivity contribution in [2.75, 3.05) is 40.4 Å². The molecule has 0 saturated carbocycles. The molecule has 1 rings (SSSR count). The summed E-state index contributed by atoms with van der Waals surface area (Å²) in [6, 6.07) is 0.484. The van der Waals surface area contributed by atoms with Crippen molar-refractivity contribution in [3.63, 3.8) is 0 Å². The number of rotatable bonds is 5. The molecule has 1 aliphatic rings. The second kappa shape index (κ2) is 7.21. The van der Waals surface area contributed by atoms with Crippen molar-refractivity contribution in [2.24, 2.45) is 0 Å². The van der Waals surface area contributed by atoms with Gasteiger partial charge >= 0.3 is 0 Å². The summed E-state index contributed by atoms with van der Waals surface area (Å²) in [5, 5.41) is 3.30. The Bertz CT molecular complexity index is 133. The molecule has 0 spiro atoms. The average molecular weight is 200 g/mol. The van der Waals surface area contributed by atoms with Crippen LogP contribution >= 0.6 is 0 Å². The van der Waals surface area contributed by atoms with Crippen LogP contribution in [-0.2, 0) is 4.74 Å². The zero-order valence-corrected chi connectivity index (χ0v) is 9.59. The van der Waals surface area contributed by atoms with Crippen LogP contribution in [0.5, 0.6) is 0 Å². The van der Waals surface area contributed by atoms with Gasteiger partial charge in [0.1, 0.15) is 0 Å². The van der Waals surface area contributed by atoms with E-state index in [1.165, 1.54) is 38.8 Å². The molecular weight excluding hydrogens is 176 g/mol. The van der Waals surface area contributed by atoms with Gasteiger partial charge in [-0.1, -0.05) is 12.8 Å². The lowest BCUT2D eigenvalue weighted by Crippen LogP contribution is -2.42. The van der Waals surface area contributed by atoms with E-state index in [1.54, 1.807) is 7.11 Å².